The molecular formula is C20H22N4O. The summed E-state index contributed by atoms with van der Waals surface area (Å²) >= 11 is 0. The van der Waals surface area contributed by atoms with Gasteiger partial charge in [-0.3, -0.25) is 9.78 Å². The molecule has 0 bridgehead atoms. The Labute approximate surface area is 148 Å². The van der Waals surface area contributed by atoms with Crippen LogP contribution in [0.5, 0.6) is 0 Å². The van der Waals surface area contributed by atoms with Crippen LogP contribution >= 0.6 is 0 Å². The van der Waals surface area contributed by atoms with Gasteiger partial charge in [-0.2, -0.15) is 5.26 Å². The second kappa shape index (κ2) is 7.02. The van der Waals surface area contributed by atoms with Crippen molar-refractivity contribution in [3.8, 4) is 17.3 Å². The second-order valence-electron chi connectivity index (χ2n) is 7.06. The van der Waals surface area contributed by atoms with Crippen molar-refractivity contribution in [1.82, 2.24) is 15.3 Å². The predicted molar refractivity (Wildman–Crippen MR) is 95.6 cm³/mol. The maximum absolute atomic E-state index is 12.7. The van der Waals surface area contributed by atoms with Crippen LogP contribution < -0.4 is 5.32 Å². The molecule has 1 heterocycles. The quantitative estimate of drug-likeness (QED) is 0.930. The molecule has 2 aromatic rings. The number of rotatable bonds is 4. The van der Waals surface area contributed by atoms with E-state index in [0.717, 1.165) is 24.0 Å². The van der Waals surface area contributed by atoms with E-state index in [2.05, 4.69) is 15.3 Å². The Morgan fingerprint density at radius 1 is 1.20 bits per heavy atom. The van der Waals surface area contributed by atoms with Gasteiger partial charge in [0.15, 0.2) is 5.69 Å². The van der Waals surface area contributed by atoms with E-state index in [0.29, 0.717) is 11.7 Å². The third kappa shape index (κ3) is 3.69. The van der Waals surface area contributed by atoms with Crippen molar-refractivity contribution in [3.05, 3.63) is 47.9 Å². The lowest BCUT2D eigenvalue weighted by atomic mass is 9.83. The van der Waals surface area contributed by atoms with E-state index < -0.39 is 5.41 Å². The molecule has 1 N–H and O–H groups in total. The number of amides is 1. The Kier molecular flexibility index (Phi) is 4.80. The lowest BCUT2D eigenvalue weighted by Gasteiger charge is -2.26. The molecule has 0 unspecified atom stereocenters. The SMILES string of the molecule is CC(C)(C(=O)NC1CCCC1)c1ccc(-c2cncc(C#N)n2)cc1. The molecule has 3 rings (SSSR count). The first-order valence-electron chi connectivity index (χ1n) is 8.65. The molecule has 1 aromatic heterocycles. The van der Waals surface area contributed by atoms with Gasteiger partial charge in [0.05, 0.1) is 23.5 Å². The van der Waals surface area contributed by atoms with Crippen LogP contribution in [-0.2, 0) is 10.2 Å². The molecule has 1 aromatic carbocycles. The summed E-state index contributed by atoms with van der Waals surface area (Å²) in [6.45, 7) is 3.89. The summed E-state index contributed by atoms with van der Waals surface area (Å²) in [7, 11) is 0. The van der Waals surface area contributed by atoms with Gasteiger partial charge in [0.1, 0.15) is 6.07 Å². The zero-order chi connectivity index (χ0) is 17.9. The van der Waals surface area contributed by atoms with Crippen LogP contribution in [0.3, 0.4) is 0 Å². The molecule has 5 heteroatoms. The largest absolute Gasteiger partial charge is 0.353 e. The van der Waals surface area contributed by atoms with Crippen molar-refractivity contribution in [1.29, 1.82) is 5.26 Å². The van der Waals surface area contributed by atoms with Crippen LogP contribution in [0.25, 0.3) is 11.3 Å². The Balaban J connectivity index is 1.78. The van der Waals surface area contributed by atoms with Crippen LogP contribution in [-0.4, -0.2) is 21.9 Å². The molecule has 0 saturated heterocycles. The lowest BCUT2D eigenvalue weighted by molar-refractivity contribution is -0.126. The first-order valence-corrected chi connectivity index (χ1v) is 8.65. The van der Waals surface area contributed by atoms with Crippen LogP contribution in [0.4, 0.5) is 0 Å². The molecule has 1 amide bonds. The number of hydrogen-bond acceptors (Lipinski definition) is 4. The van der Waals surface area contributed by atoms with E-state index in [4.69, 9.17) is 5.26 Å². The first-order chi connectivity index (χ1) is 12.0. The molecule has 25 heavy (non-hydrogen) atoms. The smallest absolute Gasteiger partial charge is 0.230 e. The average molecular weight is 334 g/mol. The number of nitrogens with zero attached hydrogens (tertiary/aromatic N) is 3. The minimum absolute atomic E-state index is 0.0680. The van der Waals surface area contributed by atoms with Crippen molar-refractivity contribution in [2.75, 3.05) is 0 Å². The molecule has 0 aliphatic heterocycles. The third-order valence-corrected chi connectivity index (χ3v) is 4.91. The Bertz CT molecular complexity index is 799. The molecule has 5 nitrogen and oxygen atoms in total. The van der Waals surface area contributed by atoms with Crippen molar-refractivity contribution in [2.45, 2.75) is 51.0 Å². The van der Waals surface area contributed by atoms with E-state index in [1.165, 1.54) is 19.0 Å². The minimum atomic E-state index is -0.596. The van der Waals surface area contributed by atoms with Crippen LogP contribution in [0, 0.1) is 11.3 Å². The van der Waals surface area contributed by atoms with Gasteiger partial charge in [-0.05, 0) is 32.3 Å². The predicted octanol–water partition coefficient (Wildman–Crippen LogP) is 3.35. The van der Waals surface area contributed by atoms with Crippen LogP contribution in [0.1, 0.15) is 50.8 Å². The number of nitrogens with one attached hydrogen (secondary N) is 1. The van der Waals surface area contributed by atoms with E-state index in [-0.39, 0.29) is 11.6 Å². The second-order valence-corrected chi connectivity index (χ2v) is 7.06. The number of carbonyl (C=O) groups is 1. The van der Waals surface area contributed by atoms with Crippen LogP contribution in [0.2, 0.25) is 0 Å². The number of nitriles is 1. The fourth-order valence-corrected chi connectivity index (χ4v) is 3.18. The maximum atomic E-state index is 12.7. The molecule has 1 saturated carbocycles. The fraction of sp³-hybridized carbons (Fsp3) is 0.400. The molecule has 1 aliphatic carbocycles. The summed E-state index contributed by atoms with van der Waals surface area (Å²) in [6, 6.07) is 10.1. The van der Waals surface area contributed by atoms with E-state index in [1.807, 2.05) is 44.2 Å². The topological polar surface area (TPSA) is 78.7 Å². The number of carbonyl (C=O) groups excluding carboxylic acids is 1. The van der Waals surface area contributed by atoms with Crippen LogP contribution in [0.15, 0.2) is 36.7 Å². The highest BCUT2D eigenvalue weighted by Gasteiger charge is 2.31. The summed E-state index contributed by atoms with van der Waals surface area (Å²) in [5.74, 6) is 0.0680. The standard InChI is InChI=1S/C20H22N4O/c1-20(2,19(25)24-16-5-3-4-6-16)15-9-7-14(8-10-15)18-13-22-12-17(11-21)23-18/h7-10,12-13,16H,3-6H2,1-2H3,(H,24,25). The molecular weight excluding hydrogens is 312 g/mol. The highest BCUT2D eigenvalue weighted by atomic mass is 16.2. The summed E-state index contributed by atoms with van der Waals surface area (Å²) < 4.78 is 0. The van der Waals surface area contributed by atoms with E-state index in [9.17, 15) is 4.79 Å². The fourth-order valence-electron chi connectivity index (χ4n) is 3.18. The van der Waals surface area contributed by atoms with Crippen molar-refractivity contribution in [2.24, 2.45) is 0 Å². The molecule has 0 spiro atoms. The van der Waals surface area contributed by atoms with Crippen molar-refractivity contribution >= 4 is 5.91 Å². The lowest BCUT2D eigenvalue weighted by Crippen LogP contribution is -2.44. The van der Waals surface area contributed by atoms with Gasteiger partial charge in [-0.25, -0.2) is 4.98 Å². The summed E-state index contributed by atoms with van der Waals surface area (Å²) in [5, 5.41) is 12.1. The van der Waals surface area contributed by atoms with E-state index >= 15 is 0 Å². The maximum Gasteiger partial charge on any atom is 0.230 e. The van der Waals surface area contributed by atoms with Gasteiger partial charge in [0.2, 0.25) is 5.91 Å². The van der Waals surface area contributed by atoms with Gasteiger partial charge in [0.25, 0.3) is 0 Å². The molecule has 1 fully saturated rings. The minimum Gasteiger partial charge on any atom is -0.353 e. The van der Waals surface area contributed by atoms with Crippen molar-refractivity contribution < 1.29 is 4.79 Å². The third-order valence-electron chi connectivity index (χ3n) is 4.91. The Morgan fingerprint density at radius 2 is 1.88 bits per heavy atom. The molecule has 1 aliphatic rings. The monoisotopic (exact) mass is 334 g/mol. The highest BCUT2D eigenvalue weighted by molar-refractivity contribution is 5.87. The number of benzene rings is 1. The molecule has 128 valence electrons. The van der Waals surface area contributed by atoms with Gasteiger partial charge in [-0.15, -0.1) is 0 Å². The Hall–Kier alpha value is -2.74. The van der Waals surface area contributed by atoms with E-state index in [1.54, 1.807) is 6.20 Å². The van der Waals surface area contributed by atoms with Crippen molar-refractivity contribution in [3.63, 3.8) is 0 Å². The van der Waals surface area contributed by atoms with Gasteiger partial charge < -0.3 is 5.32 Å². The first kappa shape index (κ1) is 17.1. The van der Waals surface area contributed by atoms with Gasteiger partial charge >= 0.3 is 0 Å². The zero-order valence-electron chi connectivity index (χ0n) is 14.6. The molecule has 0 atom stereocenters. The Morgan fingerprint density at radius 3 is 2.52 bits per heavy atom. The average Bonchev–Trinajstić information content (AvgIpc) is 3.15. The number of hydrogen-bond donors (Lipinski definition) is 1. The highest BCUT2D eigenvalue weighted by Crippen LogP contribution is 2.27. The summed E-state index contributed by atoms with van der Waals surface area (Å²) in [6.07, 6.45) is 7.62. The molecule has 0 radical (unpaired) electrons. The normalized spacial score (nSPS) is 14.9. The van der Waals surface area contributed by atoms with Gasteiger partial charge in [-0.1, -0.05) is 37.1 Å². The summed E-state index contributed by atoms with van der Waals surface area (Å²) in [4.78, 5) is 21.0. The summed E-state index contributed by atoms with van der Waals surface area (Å²) in [5.41, 5.74) is 2.18. The number of aromatic nitrogens is 2. The van der Waals surface area contributed by atoms with Gasteiger partial charge in [0, 0.05) is 11.6 Å². The zero-order valence-corrected chi connectivity index (χ0v) is 14.6.